The van der Waals surface area contributed by atoms with Crippen LogP contribution >= 0.6 is 23.1 Å². The average molecular weight is 522 g/mol. The summed E-state index contributed by atoms with van der Waals surface area (Å²) in [7, 11) is 3.68. The minimum absolute atomic E-state index is 0.0395. The molecule has 7 nitrogen and oxygen atoms in total. The summed E-state index contributed by atoms with van der Waals surface area (Å²) in [6, 6.07) is 14.5. The van der Waals surface area contributed by atoms with Crippen LogP contribution in [-0.4, -0.2) is 53.3 Å². The van der Waals surface area contributed by atoms with E-state index in [2.05, 4.69) is 11.9 Å². The van der Waals surface area contributed by atoms with Gasteiger partial charge in [-0.15, -0.1) is 11.3 Å². The summed E-state index contributed by atoms with van der Waals surface area (Å²) in [5.74, 6) is 1.56. The number of carbonyl (C=O) groups is 1. The largest absolute Gasteiger partial charge is 0.497 e. The lowest BCUT2D eigenvalue weighted by molar-refractivity contribution is 0.102. The molecule has 0 amide bonds. The number of thiophene rings is 1. The van der Waals surface area contributed by atoms with E-state index in [1.165, 1.54) is 16.6 Å². The van der Waals surface area contributed by atoms with Gasteiger partial charge in [0.25, 0.3) is 5.56 Å². The number of fused-ring (bicyclic) bond motifs is 3. The second-order valence-electron chi connectivity index (χ2n) is 8.57. The third kappa shape index (κ3) is 4.78. The van der Waals surface area contributed by atoms with E-state index in [1.807, 2.05) is 31.2 Å². The van der Waals surface area contributed by atoms with E-state index in [0.717, 1.165) is 35.7 Å². The van der Waals surface area contributed by atoms with Gasteiger partial charge in [0.1, 0.15) is 16.3 Å². The molecule has 0 atom stereocenters. The topological polar surface area (TPSA) is 73.7 Å². The summed E-state index contributed by atoms with van der Waals surface area (Å²) in [5.41, 5.74) is 2.31. The lowest BCUT2D eigenvalue weighted by Crippen LogP contribution is -2.27. The van der Waals surface area contributed by atoms with Gasteiger partial charge >= 0.3 is 0 Å². The summed E-state index contributed by atoms with van der Waals surface area (Å²) < 4.78 is 12.4. The standard InChI is InChI=1S/C27H27N3O4S2/c1-4-34-20-11-7-18(8-12-20)30-26(32)24-21-13-14-29(2)15-23(21)36-25(24)28-27(30)35-16-22(31)17-5-9-19(33-3)10-6-17/h5-12H,4,13-16H2,1-3H3. The van der Waals surface area contributed by atoms with Crippen molar-refractivity contribution in [1.29, 1.82) is 0 Å². The minimum atomic E-state index is -0.0920. The van der Waals surface area contributed by atoms with Gasteiger partial charge in [0, 0.05) is 23.5 Å². The van der Waals surface area contributed by atoms with Crippen LogP contribution < -0.4 is 15.0 Å². The molecule has 5 rings (SSSR count). The smallest absolute Gasteiger partial charge is 0.267 e. The molecule has 0 fully saturated rings. The van der Waals surface area contributed by atoms with Crippen LogP contribution in [0.1, 0.15) is 27.7 Å². The summed E-state index contributed by atoms with van der Waals surface area (Å²) in [6.07, 6.45) is 0.828. The molecule has 0 unspecified atom stereocenters. The molecule has 3 heterocycles. The molecule has 4 aromatic rings. The molecule has 36 heavy (non-hydrogen) atoms. The molecule has 0 saturated heterocycles. The lowest BCUT2D eigenvalue weighted by atomic mass is 10.1. The highest BCUT2D eigenvalue weighted by molar-refractivity contribution is 7.99. The molecule has 0 spiro atoms. The zero-order chi connectivity index (χ0) is 25.2. The quantitative estimate of drug-likeness (QED) is 0.187. The number of hydrogen-bond acceptors (Lipinski definition) is 8. The van der Waals surface area contributed by atoms with Crippen molar-refractivity contribution < 1.29 is 14.3 Å². The maximum absolute atomic E-state index is 13.9. The van der Waals surface area contributed by atoms with Crippen LogP contribution in [0.25, 0.3) is 15.9 Å². The third-order valence-electron chi connectivity index (χ3n) is 6.18. The Hall–Kier alpha value is -3.14. The first kappa shape index (κ1) is 24.5. The van der Waals surface area contributed by atoms with Gasteiger partial charge in [-0.05, 0) is 74.5 Å². The SMILES string of the molecule is CCOc1ccc(-n2c(SCC(=O)c3ccc(OC)cc3)nc3sc4c(c3c2=O)CCN(C)C4)cc1. The molecule has 1 aliphatic rings. The fourth-order valence-corrected chi connectivity index (χ4v) is 6.57. The fraction of sp³-hybridized carbons (Fsp3) is 0.296. The molecule has 9 heteroatoms. The first-order valence-corrected chi connectivity index (χ1v) is 13.6. The maximum atomic E-state index is 13.9. The zero-order valence-corrected chi connectivity index (χ0v) is 22.1. The third-order valence-corrected chi connectivity index (χ3v) is 8.23. The van der Waals surface area contributed by atoms with Gasteiger partial charge in [-0.3, -0.25) is 14.2 Å². The summed E-state index contributed by atoms with van der Waals surface area (Å²) in [5, 5.41) is 1.20. The van der Waals surface area contributed by atoms with E-state index in [-0.39, 0.29) is 17.1 Å². The predicted molar refractivity (Wildman–Crippen MR) is 144 cm³/mol. The van der Waals surface area contributed by atoms with E-state index < -0.39 is 0 Å². The number of methoxy groups -OCH3 is 1. The molecule has 0 N–H and O–H groups in total. The number of ether oxygens (including phenoxy) is 2. The van der Waals surface area contributed by atoms with Crippen molar-refractivity contribution in [1.82, 2.24) is 14.5 Å². The van der Waals surface area contributed by atoms with Gasteiger partial charge in [-0.25, -0.2) is 4.98 Å². The number of nitrogens with zero attached hydrogens (tertiary/aromatic N) is 3. The maximum Gasteiger partial charge on any atom is 0.267 e. The average Bonchev–Trinajstić information content (AvgIpc) is 3.25. The molecule has 2 aromatic heterocycles. The normalized spacial score (nSPS) is 13.5. The van der Waals surface area contributed by atoms with E-state index in [4.69, 9.17) is 14.5 Å². The summed E-state index contributed by atoms with van der Waals surface area (Å²) in [4.78, 5) is 36.0. The molecular formula is C27H27N3O4S2. The van der Waals surface area contributed by atoms with Gasteiger partial charge in [0.2, 0.25) is 0 Å². The molecule has 1 aliphatic heterocycles. The van der Waals surface area contributed by atoms with Crippen molar-refractivity contribution in [2.75, 3.05) is 33.1 Å². The highest BCUT2D eigenvalue weighted by Gasteiger charge is 2.25. The highest BCUT2D eigenvalue weighted by Crippen LogP contribution is 2.34. The van der Waals surface area contributed by atoms with Gasteiger partial charge in [-0.2, -0.15) is 0 Å². The van der Waals surface area contributed by atoms with Crippen molar-refractivity contribution in [3.63, 3.8) is 0 Å². The number of ketones is 1. The van der Waals surface area contributed by atoms with E-state index >= 15 is 0 Å². The van der Waals surface area contributed by atoms with Crippen LogP contribution in [0, 0.1) is 0 Å². The van der Waals surface area contributed by atoms with Crippen molar-refractivity contribution in [2.45, 2.75) is 25.0 Å². The zero-order valence-electron chi connectivity index (χ0n) is 20.4. The number of aromatic nitrogens is 2. The molecule has 2 aromatic carbocycles. The molecular weight excluding hydrogens is 494 g/mol. The Labute approximate surface area is 217 Å². The Morgan fingerprint density at radius 3 is 2.53 bits per heavy atom. The Morgan fingerprint density at radius 2 is 1.83 bits per heavy atom. The molecule has 0 aliphatic carbocycles. The fourth-order valence-electron chi connectivity index (χ4n) is 4.32. The van der Waals surface area contributed by atoms with Crippen LogP contribution in [0.2, 0.25) is 0 Å². The Balaban J connectivity index is 1.55. The number of carbonyl (C=O) groups excluding carboxylic acids is 1. The van der Waals surface area contributed by atoms with Crippen LogP contribution in [0.3, 0.4) is 0 Å². The Kier molecular flexibility index (Phi) is 7.13. The van der Waals surface area contributed by atoms with Crippen molar-refractivity contribution in [2.24, 2.45) is 0 Å². The van der Waals surface area contributed by atoms with Crippen molar-refractivity contribution >= 4 is 39.1 Å². The van der Waals surface area contributed by atoms with Crippen molar-refractivity contribution in [3.05, 3.63) is 74.9 Å². The molecule has 186 valence electrons. The summed E-state index contributed by atoms with van der Waals surface area (Å²) >= 11 is 2.86. The van der Waals surface area contributed by atoms with Crippen LogP contribution in [-0.2, 0) is 13.0 Å². The second kappa shape index (κ2) is 10.5. The number of thioether (sulfide) groups is 1. The van der Waals surface area contributed by atoms with Gasteiger partial charge in [0.15, 0.2) is 10.9 Å². The second-order valence-corrected chi connectivity index (χ2v) is 10.6. The Bertz CT molecular complexity index is 1460. The Morgan fingerprint density at radius 1 is 1.11 bits per heavy atom. The number of likely N-dealkylation sites (N-methyl/N-ethyl adjacent to an activating group) is 1. The number of Topliss-reactive ketones (excluding diaryl/α,β-unsaturated/α-hetero) is 1. The number of hydrogen-bond donors (Lipinski definition) is 0. The highest BCUT2D eigenvalue weighted by atomic mass is 32.2. The van der Waals surface area contributed by atoms with E-state index in [9.17, 15) is 9.59 Å². The molecule has 0 saturated carbocycles. The number of benzene rings is 2. The van der Waals surface area contributed by atoms with Gasteiger partial charge in [0.05, 0.1) is 30.5 Å². The van der Waals surface area contributed by atoms with E-state index in [0.29, 0.717) is 34.1 Å². The van der Waals surface area contributed by atoms with Gasteiger partial charge < -0.3 is 14.4 Å². The first-order chi connectivity index (χ1) is 17.5. The first-order valence-electron chi connectivity index (χ1n) is 11.8. The van der Waals surface area contributed by atoms with Crippen LogP contribution in [0.4, 0.5) is 0 Å². The van der Waals surface area contributed by atoms with Crippen LogP contribution in [0.15, 0.2) is 58.5 Å². The summed E-state index contributed by atoms with van der Waals surface area (Å²) in [6.45, 7) is 4.23. The predicted octanol–water partition coefficient (Wildman–Crippen LogP) is 4.82. The molecule has 0 radical (unpaired) electrons. The van der Waals surface area contributed by atoms with E-state index in [1.54, 1.807) is 47.3 Å². The number of rotatable bonds is 8. The minimum Gasteiger partial charge on any atom is -0.497 e. The van der Waals surface area contributed by atoms with Crippen molar-refractivity contribution in [3.8, 4) is 17.2 Å². The lowest BCUT2D eigenvalue weighted by Gasteiger charge is -2.21. The van der Waals surface area contributed by atoms with Gasteiger partial charge in [-0.1, -0.05) is 11.8 Å². The van der Waals surface area contributed by atoms with Crippen LogP contribution in [0.5, 0.6) is 11.5 Å². The monoisotopic (exact) mass is 521 g/mol. The molecule has 0 bridgehead atoms.